The van der Waals surface area contributed by atoms with Gasteiger partial charge in [-0.15, -0.1) is 10.2 Å². The lowest BCUT2D eigenvalue weighted by molar-refractivity contribution is 0.456. The quantitative estimate of drug-likeness (QED) is 0.614. The van der Waals surface area contributed by atoms with Crippen molar-refractivity contribution >= 4 is 5.96 Å². The molecule has 1 aliphatic rings. The van der Waals surface area contributed by atoms with Crippen LogP contribution in [0.1, 0.15) is 44.0 Å². The summed E-state index contributed by atoms with van der Waals surface area (Å²) in [5, 5.41) is 11.8. The number of nitrogens with zero attached hydrogens (tertiary/aromatic N) is 5. The first kappa shape index (κ1) is 18.4. The smallest absolute Gasteiger partial charge is 0.194 e. The van der Waals surface area contributed by atoms with Crippen molar-refractivity contribution in [2.24, 2.45) is 4.99 Å². The van der Waals surface area contributed by atoms with Crippen molar-refractivity contribution in [2.45, 2.75) is 58.2 Å². The molecular weight excluding hydrogens is 324 g/mol. The fourth-order valence-corrected chi connectivity index (χ4v) is 3.46. The van der Waals surface area contributed by atoms with Crippen LogP contribution >= 0.6 is 0 Å². The molecule has 140 valence electrons. The van der Waals surface area contributed by atoms with E-state index in [2.05, 4.69) is 69.3 Å². The number of aryl methyl sites for hydroxylation is 1. The highest BCUT2D eigenvalue weighted by molar-refractivity contribution is 5.80. The van der Waals surface area contributed by atoms with Gasteiger partial charge in [0.25, 0.3) is 0 Å². The van der Waals surface area contributed by atoms with Gasteiger partial charge in [0.1, 0.15) is 12.2 Å². The van der Waals surface area contributed by atoms with Crippen LogP contribution in [-0.2, 0) is 19.5 Å². The average Bonchev–Trinajstić information content (AvgIpc) is 3.33. The van der Waals surface area contributed by atoms with Gasteiger partial charge >= 0.3 is 0 Å². The second-order valence-corrected chi connectivity index (χ2v) is 6.97. The molecule has 0 spiro atoms. The van der Waals surface area contributed by atoms with Gasteiger partial charge in [-0.25, -0.2) is 0 Å². The van der Waals surface area contributed by atoms with E-state index in [-0.39, 0.29) is 0 Å². The highest BCUT2D eigenvalue weighted by Crippen LogP contribution is 2.18. The second kappa shape index (κ2) is 9.36. The van der Waals surface area contributed by atoms with Gasteiger partial charge < -0.3 is 14.8 Å². The number of aliphatic imine (C=N–C) groups is 1. The lowest BCUT2D eigenvalue weighted by Gasteiger charge is -2.25. The predicted molar refractivity (Wildman–Crippen MR) is 105 cm³/mol. The fourth-order valence-electron chi connectivity index (χ4n) is 3.46. The van der Waals surface area contributed by atoms with Crippen molar-refractivity contribution in [1.29, 1.82) is 0 Å². The maximum absolute atomic E-state index is 4.89. The minimum absolute atomic E-state index is 0.549. The molecule has 1 aromatic heterocycles. The third-order valence-corrected chi connectivity index (χ3v) is 4.93. The summed E-state index contributed by atoms with van der Waals surface area (Å²) in [5.41, 5.74) is 1.29. The van der Waals surface area contributed by atoms with Crippen LogP contribution in [0.5, 0.6) is 0 Å². The number of aromatic nitrogens is 3. The third kappa shape index (κ3) is 5.07. The van der Waals surface area contributed by atoms with Gasteiger partial charge in [0.15, 0.2) is 5.96 Å². The Hall–Kier alpha value is -2.37. The zero-order valence-electron chi connectivity index (χ0n) is 15.9. The van der Waals surface area contributed by atoms with E-state index in [1.54, 1.807) is 6.33 Å². The standard InChI is InChI=1S/C20H30N6/c1-3-19-24-22-16-26(19)14-13-21-20(23-18-11-7-8-12-18)25(2)15-17-9-5-4-6-10-17/h4-6,9-10,16,18H,3,7-8,11-15H2,1-2H3,(H,21,23). The number of hydrogen-bond acceptors (Lipinski definition) is 3. The van der Waals surface area contributed by atoms with Crippen LogP contribution in [0.3, 0.4) is 0 Å². The number of nitrogens with one attached hydrogen (secondary N) is 1. The van der Waals surface area contributed by atoms with E-state index < -0.39 is 0 Å². The largest absolute Gasteiger partial charge is 0.354 e. The summed E-state index contributed by atoms with van der Waals surface area (Å²) in [6, 6.07) is 11.1. The van der Waals surface area contributed by atoms with Crippen LogP contribution in [0.4, 0.5) is 0 Å². The summed E-state index contributed by atoms with van der Waals surface area (Å²) in [6.07, 6.45) is 7.80. The van der Waals surface area contributed by atoms with E-state index in [1.165, 1.54) is 31.2 Å². The molecule has 0 saturated heterocycles. The highest BCUT2D eigenvalue weighted by Gasteiger charge is 2.18. The number of rotatable bonds is 7. The summed E-state index contributed by atoms with van der Waals surface area (Å²) >= 11 is 0. The monoisotopic (exact) mass is 354 g/mol. The Balaban J connectivity index is 1.65. The molecular formula is C20H30N6. The van der Waals surface area contributed by atoms with Gasteiger partial charge in [-0.2, -0.15) is 0 Å². The topological polar surface area (TPSA) is 58.3 Å². The Morgan fingerprint density at radius 3 is 2.77 bits per heavy atom. The van der Waals surface area contributed by atoms with Crippen LogP contribution in [0.15, 0.2) is 41.7 Å². The molecule has 26 heavy (non-hydrogen) atoms. The molecule has 0 unspecified atom stereocenters. The Morgan fingerprint density at radius 2 is 2.04 bits per heavy atom. The van der Waals surface area contributed by atoms with Gasteiger partial charge in [0.05, 0.1) is 6.54 Å². The average molecular weight is 355 g/mol. The number of guanidine groups is 1. The van der Waals surface area contributed by atoms with E-state index in [0.717, 1.165) is 37.8 Å². The lowest BCUT2D eigenvalue weighted by Crippen LogP contribution is -2.43. The molecule has 1 aliphatic carbocycles. The van der Waals surface area contributed by atoms with E-state index in [4.69, 9.17) is 4.99 Å². The van der Waals surface area contributed by atoms with E-state index >= 15 is 0 Å². The zero-order valence-corrected chi connectivity index (χ0v) is 15.9. The maximum atomic E-state index is 4.89. The van der Waals surface area contributed by atoms with Crippen LogP contribution in [-0.4, -0.2) is 45.3 Å². The molecule has 1 N–H and O–H groups in total. The summed E-state index contributed by atoms with van der Waals surface area (Å²) in [6.45, 7) is 4.49. The minimum Gasteiger partial charge on any atom is -0.354 e. The first-order chi connectivity index (χ1) is 12.8. The van der Waals surface area contributed by atoms with Gasteiger partial charge in [-0.1, -0.05) is 50.1 Å². The molecule has 6 nitrogen and oxygen atoms in total. The molecule has 2 aromatic rings. The SMILES string of the molecule is CCc1nncn1CCN=C(NC1CCCC1)N(C)Cc1ccccc1. The molecule has 0 bridgehead atoms. The third-order valence-electron chi connectivity index (χ3n) is 4.93. The second-order valence-electron chi connectivity index (χ2n) is 6.97. The van der Waals surface area contributed by atoms with Crippen molar-refractivity contribution in [3.63, 3.8) is 0 Å². The molecule has 0 amide bonds. The van der Waals surface area contributed by atoms with Crippen molar-refractivity contribution in [3.8, 4) is 0 Å². The summed E-state index contributed by atoms with van der Waals surface area (Å²) in [7, 11) is 2.12. The van der Waals surface area contributed by atoms with Crippen molar-refractivity contribution in [2.75, 3.05) is 13.6 Å². The molecule has 6 heteroatoms. The van der Waals surface area contributed by atoms with Crippen molar-refractivity contribution < 1.29 is 0 Å². The number of benzene rings is 1. The molecule has 3 rings (SSSR count). The molecule has 0 aliphatic heterocycles. The zero-order chi connectivity index (χ0) is 18.2. The summed E-state index contributed by atoms with van der Waals surface area (Å²) in [4.78, 5) is 7.11. The predicted octanol–water partition coefficient (Wildman–Crippen LogP) is 2.86. The Bertz CT molecular complexity index is 687. The highest BCUT2D eigenvalue weighted by atomic mass is 15.3. The van der Waals surface area contributed by atoms with Crippen LogP contribution in [0, 0.1) is 0 Å². The molecule has 1 heterocycles. The van der Waals surface area contributed by atoms with Crippen LogP contribution < -0.4 is 5.32 Å². The van der Waals surface area contributed by atoms with E-state index in [0.29, 0.717) is 6.04 Å². The Kier molecular flexibility index (Phi) is 6.63. The van der Waals surface area contributed by atoms with E-state index in [9.17, 15) is 0 Å². The maximum Gasteiger partial charge on any atom is 0.194 e. The summed E-state index contributed by atoms with van der Waals surface area (Å²) < 4.78 is 2.09. The fraction of sp³-hybridized carbons (Fsp3) is 0.550. The molecule has 1 saturated carbocycles. The Labute approximate surface area is 156 Å². The van der Waals surface area contributed by atoms with Gasteiger partial charge in [0, 0.05) is 32.6 Å². The van der Waals surface area contributed by atoms with Gasteiger partial charge in [-0.3, -0.25) is 4.99 Å². The Morgan fingerprint density at radius 1 is 1.27 bits per heavy atom. The van der Waals surface area contributed by atoms with Crippen molar-refractivity contribution in [1.82, 2.24) is 25.0 Å². The first-order valence-corrected chi connectivity index (χ1v) is 9.69. The van der Waals surface area contributed by atoms with Gasteiger partial charge in [-0.05, 0) is 18.4 Å². The van der Waals surface area contributed by atoms with Gasteiger partial charge in [0.2, 0.25) is 0 Å². The van der Waals surface area contributed by atoms with Crippen LogP contribution in [0.25, 0.3) is 0 Å². The normalized spacial score (nSPS) is 15.4. The molecule has 1 aromatic carbocycles. The minimum atomic E-state index is 0.549. The summed E-state index contributed by atoms with van der Waals surface area (Å²) in [5.74, 6) is 2.01. The lowest BCUT2D eigenvalue weighted by atomic mass is 10.2. The number of hydrogen-bond donors (Lipinski definition) is 1. The first-order valence-electron chi connectivity index (χ1n) is 9.69. The van der Waals surface area contributed by atoms with Crippen molar-refractivity contribution in [3.05, 3.63) is 48.0 Å². The van der Waals surface area contributed by atoms with Crippen LogP contribution in [0.2, 0.25) is 0 Å². The molecule has 0 atom stereocenters. The van der Waals surface area contributed by atoms with E-state index in [1.807, 2.05) is 0 Å². The molecule has 0 radical (unpaired) electrons. The molecule has 1 fully saturated rings.